The normalized spacial score (nSPS) is 15.0. The molecule has 2 rings (SSSR count). The first kappa shape index (κ1) is 12.6. The molecule has 0 atom stereocenters. The Labute approximate surface area is 107 Å². The topological polar surface area (TPSA) is 68.0 Å². The fourth-order valence-corrected chi connectivity index (χ4v) is 2.22. The second-order valence-electron chi connectivity index (χ2n) is 4.55. The minimum absolute atomic E-state index is 0.442. The molecule has 0 bridgehead atoms. The van der Waals surface area contributed by atoms with E-state index in [2.05, 4.69) is 16.4 Å². The Kier molecular flexibility index (Phi) is 4.34. The first-order valence-corrected chi connectivity index (χ1v) is 6.44. The lowest BCUT2D eigenvalue weighted by Gasteiger charge is -2.13. The molecular weight excluding hydrogens is 226 g/mol. The molecule has 1 aliphatic carbocycles. The number of allylic oxidation sites excluding steroid dienone is 1. The van der Waals surface area contributed by atoms with Crippen molar-refractivity contribution >= 4 is 11.7 Å². The number of hydrogen-bond acceptors (Lipinski definition) is 3. The number of carbonyl (C=O) groups is 1. The van der Waals surface area contributed by atoms with E-state index in [4.69, 9.17) is 5.73 Å². The summed E-state index contributed by atoms with van der Waals surface area (Å²) in [5.74, 6) is 0.142. The van der Waals surface area contributed by atoms with Crippen LogP contribution in [0.1, 0.15) is 42.5 Å². The molecule has 0 aliphatic heterocycles. The molecule has 0 radical (unpaired) electrons. The number of hydrogen-bond donors (Lipinski definition) is 2. The predicted molar refractivity (Wildman–Crippen MR) is 72.4 cm³/mol. The summed E-state index contributed by atoms with van der Waals surface area (Å²) in [6, 6.07) is 3.41. The van der Waals surface area contributed by atoms with Crippen molar-refractivity contribution in [2.24, 2.45) is 5.73 Å². The van der Waals surface area contributed by atoms with Crippen molar-refractivity contribution < 1.29 is 4.79 Å². The van der Waals surface area contributed by atoms with Gasteiger partial charge in [0.15, 0.2) is 0 Å². The number of rotatable bonds is 5. The number of pyridine rings is 1. The molecule has 0 unspecified atom stereocenters. The van der Waals surface area contributed by atoms with Crippen LogP contribution in [0.4, 0.5) is 5.82 Å². The van der Waals surface area contributed by atoms with Gasteiger partial charge in [-0.3, -0.25) is 4.79 Å². The molecule has 1 aliphatic rings. The molecule has 4 nitrogen and oxygen atoms in total. The number of carbonyl (C=O) groups excluding carboxylic acids is 1. The molecule has 18 heavy (non-hydrogen) atoms. The van der Waals surface area contributed by atoms with Gasteiger partial charge in [0.2, 0.25) is 0 Å². The van der Waals surface area contributed by atoms with E-state index in [0.717, 1.165) is 13.0 Å². The van der Waals surface area contributed by atoms with Crippen LogP contribution in [-0.2, 0) is 0 Å². The molecule has 0 spiro atoms. The average Bonchev–Trinajstić information content (AvgIpc) is 2.40. The van der Waals surface area contributed by atoms with Crippen LogP contribution in [0.15, 0.2) is 30.0 Å². The van der Waals surface area contributed by atoms with Crippen molar-refractivity contribution in [1.29, 1.82) is 0 Å². The summed E-state index contributed by atoms with van der Waals surface area (Å²) in [6.07, 6.45) is 10.0. The zero-order chi connectivity index (χ0) is 12.8. The first-order chi connectivity index (χ1) is 8.77. The van der Waals surface area contributed by atoms with Gasteiger partial charge < -0.3 is 11.1 Å². The Hall–Kier alpha value is -1.84. The van der Waals surface area contributed by atoms with Gasteiger partial charge in [-0.25, -0.2) is 4.98 Å². The van der Waals surface area contributed by atoms with Gasteiger partial charge in [-0.05, 0) is 44.2 Å². The highest BCUT2D eigenvalue weighted by atomic mass is 16.1. The van der Waals surface area contributed by atoms with Gasteiger partial charge in [0.1, 0.15) is 5.82 Å². The maximum atomic E-state index is 11.2. The first-order valence-electron chi connectivity index (χ1n) is 6.44. The Bertz CT molecular complexity index is 454. The molecule has 0 saturated carbocycles. The van der Waals surface area contributed by atoms with Crippen LogP contribution in [0, 0.1) is 0 Å². The van der Waals surface area contributed by atoms with E-state index in [9.17, 15) is 4.79 Å². The number of primary amides is 1. The van der Waals surface area contributed by atoms with Gasteiger partial charge in [0, 0.05) is 12.7 Å². The number of nitrogens with one attached hydrogen (secondary N) is 1. The minimum atomic E-state index is -0.442. The van der Waals surface area contributed by atoms with E-state index in [-0.39, 0.29) is 0 Å². The largest absolute Gasteiger partial charge is 0.369 e. The zero-order valence-corrected chi connectivity index (χ0v) is 10.5. The molecule has 1 heterocycles. The maximum absolute atomic E-state index is 11.2. The lowest BCUT2D eigenvalue weighted by atomic mass is 9.97. The highest BCUT2D eigenvalue weighted by molar-refractivity contribution is 5.97. The summed E-state index contributed by atoms with van der Waals surface area (Å²) >= 11 is 0. The molecule has 1 aromatic heterocycles. The standard InChI is InChI=1S/C14H19N3O/c15-13(18)12-7-4-9-16-14(12)17-10-8-11-5-2-1-3-6-11/h4-5,7,9H,1-3,6,8,10H2,(H2,15,18)(H,16,17). The van der Waals surface area contributed by atoms with Crippen LogP contribution in [0.5, 0.6) is 0 Å². The van der Waals surface area contributed by atoms with Gasteiger partial charge in [0.25, 0.3) is 5.91 Å². The fourth-order valence-electron chi connectivity index (χ4n) is 2.22. The highest BCUT2D eigenvalue weighted by Crippen LogP contribution is 2.20. The molecular formula is C14H19N3O. The van der Waals surface area contributed by atoms with Crippen LogP contribution in [0.3, 0.4) is 0 Å². The lowest BCUT2D eigenvalue weighted by molar-refractivity contribution is 0.100. The Balaban J connectivity index is 1.90. The molecule has 3 N–H and O–H groups in total. The predicted octanol–water partition coefficient (Wildman–Crippen LogP) is 2.48. The summed E-state index contributed by atoms with van der Waals surface area (Å²) in [6.45, 7) is 0.795. The van der Waals surface area contributed by atoms with Crippen molar-refractivity contribution in [1.82, 2.24) is 4.98 Å². The van der Waals surface area contributed by atoms with E-state index in [1.54, 1.807) is 18.3 Å². The lowest BCUT2D eigenvalue weighted by Crippen LogP contribution is -2.16. The Morgan fingerprint density at radius 1 is 1.44 bits per heavy atom. The molecule has 0 aromatic carbocycles. The molecule has 1 aromatic rings. The third-order valence-electron chi connectivity index (χ3n) is 3.20. The zero-order valence-electron chi connectivity index (χ0n) is 10.5. The monoisotopic (exact) mass is 245 g/mol. The summed E-state index contributed by atoms with van der Waals surface area (Å²) in [5, 5.41) is 3.19. The van der Waals surface area contributed by atoms with Gasteiger partial charge in [-0.15, -0.1) is 0 Å². The van der Waals surface area contributed by atoms with E-state index in [1.165, 1.54) is 31.3 Å². The Morgan fingerprint density at radius 2 is 2.33 bits per heavy atom. The third kappa shape index (κ3) is 3.32. The van der Waals surface area contributed by atoms with E-state index < -0.39 is 5.91 Å². The van der Waals surface area contributed by atoms with Crippen LogP contribution in [-0.4, -0.2) is 17.4 Å². The van der Waals surface area contributed by atoms with Crippen LogP contribution < -0.4 is 11.1 Å². The second kappa shape index (κ2) is 6.19. The van der Waals surface area contributed by atoms with Gasteiger partial charge in [-0.1, -0.05) is 11.6 Å². The third-order valence-corrected chi connectivity index (χ3v) is 3.20. The average molecular weight is 245 g/mol. The Morgan fingerprint density at radius 3 is 3.06 bits per heavy atom. The number of nitrogens with two attached hydrogens (primary N) is 1. The van der Waals surface area contributed by atoms with E-state index in [0.29, 0.717) is 11.4 Å². The summed E-state index contributed by atoms with van der Waals surface area (Å²) in [7, 11) is 0. The number of amides is 1. The number of anilines is 1. The SMILES string of the molecule is NC(=O)c1cccnc1NCCC1=CCCCC1. The highest BCUT2D eigenvalue weighted by Gasteiger charge is 2.08. The van der Waals surface area contributed by atoms with Gasteiger partial charge in [0.05, 0.1) is 5.56 Å². The van der Waals surface area contributed by atoms with Gasteiger partial charge >= 0.3 is 0 Å². The number of nitrogens with zero attached hydrogens (tertiary/aromatic N) is 1. The van der Waals surface area contributed by atoms with Crippen molar-refractivity contribution in [3.63, 3.8) is 0 Å². The molecule has 4 heteroatoms. The number of aromatic nitrogens is 1. The van der Waals surface area contributed by atoms with Gasteiger partial charge in [-0.2, -0.15) is 0 Å². The van der Waals surface area contributed by atoms with Crippen molar-refractivity contribution in [2.45, 2.75) is 32.1 Å². The fraction of sp³-hybridized carbons (Fsp3) is 0.429. The molecule has 0 saturated heterocycles. The van der Waals surface area contributed by atoms with E-state index in [1.807, 2.05) is 0 Å². The van der Waals surface area contributed by atoms with Crippen molar-refractivity contribution in [2.75, 3.05) is 11.9 Å². The summed E-state index contributed by atoms with van der Waals surface area (Å²) in [4.78, 5) is 15.4. The van der Waals surface area contributed by atoms with E-state index >= 15 is 0 Å². The van der Waals surface area contributed by atoms with Crippen molar-refractivity contribution in [3.05, 3.63) is 35.5 Å². The summed E-state index contributed by atoms with van der Waals surface area (Å²) < 4.78 is 0. The quantitative estimate of drug-likeness (QED) is 0.783. The van der Waals surface area contributed by atoms with Crippen LogP contribution >= 0.6 is 0 Å². The molecule has 0 fully saturated rings. The maximum Gasteiger partial charge on any atom is 0.252 e. The van der Waals surface area contributed by atoms with Crippen molar-refractivity contribution in [3.8, 4) is 0 Å². The smallest absolute Gasteiger partial charge is 0.252 e. The van der Waals surface area contributed by atoms with Crippen LogP contribution in [0.25, 0.3) is 0 Å². The molecule has 96 valence electrons. The van der Waals surface area contributed by atoms with Crippen LogP contribution in [0.2, 0.25) is 0 Å². The summed E-state index contributed by atoms with van der Waals surface area (Å²) in [5.41, 5.74) is 7.26. The second-order valence-corrected chi connectivity index (χ2v) is 4.55. The molecule has 1 amide bonds. The minimum Gasteiger partial charge on any atom is -0.369 e.